The summed E-state index contributed by atoms with van der Waals surface area (Å²) in [5.41, 5.74) is 2.66. The van der Waals surface area contributed by atoms with E-state index in [4.69, 9.17) is 0 Å². The molecule has 0 radical (unpaired) electrons. The van der Waals surface area contributed by atoms with E-state index in [1.54, 1.807) is 0 Å². The molecule has 0 nitrogen and oxygen atoms in total. The summed E-state index contributed by atoms with van der Waals surface area (Å²) in [5.74, 6) is 0. The monoisotopic (exact) mass is 222 g/mol. The van der Waals surface area contributed by atoms with E-state index in [9.17, 15) is 0 Å². The van der Waals surface area contributed by atoms with Crippen LogP contribution < -0.4 is 0 Å². The fourth-order valence-electron chi connectivity index (χ4n) is 0.637. The summed E-state index contributed by atoms with van der Waals surface area (Å²) in [4.78, 5) is 0. The highest BCUT2D eigenvalue weighted by molar-refractivity contribution is 5.19. The summed E-state index contributed by atoms with van der Waals surface area (Å²) in [7, 11) is 0. The molecule has 94 valence electrons. The normalized spacial score (nSPS) is 8.38. The number of benzene rings is 1. The molecule has 0 heteroatoms. The van der Waals surface area contributed by atoms with Gasteiger partial charge < -0.3 is 0 Å². The van der Waals surface area contributed by atoms with Crippen LogP contribution in [0.15, 0.2) is 24.3 Å². The quantitative estimate of drug-likeness (QED) is 0.583. The Morgan fingerprint density at radius 3 is 0.875 bits per heavy atom. The number of aryl methyl sites for hydroxylation is 2. The molecule has 0 saturated heterocycles. The Labute approximate surface area is 103 Å². The summed E-state index contributed by atoms with van der Waals surface area (Å²) >= 11 is 0. The Balaban J connectivity index is 0. The topological polar surface area (TPSA) is 0 Å². The van der Waals surface area contributed by atoms with Gasteiger partial charge in [0.05, 0.1) is 0 Å². The molecule has 0 aliphatic heterocycles. The van der Waals surface area contributed by atoms with E-state index in [0.717, 1.165) is 0 Å². The summed E-state index contributed by atoms with van der Waals surface area (Å²) in [6.07, 6.45) is 5.28. The Bertz CT molecular complexity index is 179. The van der Waals surface area contributed by atoms with E-state index >= 15 is 0 Å². The van der Waals surface area contributed by atoms with Crippen LogP contribution in [0.25, 0.3) is 0 Å². The highest BCUT2D eigenvalue weighted by atomic mass is 13.9. The first-order valence-electron chi connectivity index (χ1n) is 6.65. The molecule has 1 aromatic carbocycles. The Kier molecular flexibility index (Phi) is 15.7. The Hall–Kier alpha value is -0.780. The lowest BCUT2D eigenvalue weighted by molar-refractivity contribution is 0.886. The first-order valence-corrected chi connectivity index (χ1v) is 6.65. The fourth-order valence-corrected chi connectivity index (χ4v) is 0.637. The molecule has 0 aromatic heterocycles. The van der Waals surface area contributed by atoms with Crippen molar-refractivity contribution in [3.8, 4) is 0 Å². The lowest BCUT2D eigenvalue weighted by Gasteiger charge is -1.90. The number of unbranched alkanes of at least 4 members (excludes halogenated alkanes) is 2. The van der Waals surface area contributed by atoms with Crippen LogP contribution in [-0.2, 0) is 0 Å². The van der Waals surface area contributed by atoms with Gasteiger partial charge in [-0.3, -0.25) is 0 Å². The number of hydrogen-bond acceptors (Lipinski definition) is 0. The van der Waals surface area contributed by atoms with Crippen molar-refractivity contribution in [3.05, 3.63) is 35.4 Å². The van der Waals surface area contributed by atoms with Gasteiger partial charge in [0.15, 0.2) is 0 Å². The maximum absolute atomic E-state index is 2.18. The summed E-state index contributed by atoms with van der Waals surface area (Å²) in [6, 6.07) is 8.48. The van der Waals surface area contributed by atoms with Crippen LogP contribution in [-0.4, -0.2) is 0 Å². The van der Waals surface area contributed by atoms with Crippen molar-refractivity contribution in [1.82, 2.24) is 0 Å². The summed E-state index contributed by atoms with van der Waals surface area (Å²) < 4.78 is 0. The van der Waals surface area contributed by atoms with Gasteiger partial charge in [0.2, 0.25) is 0 Å². The van der Waals surface area contributed by atoms with E-state index in [-0.39, 0.29) is 0 Å². The molecule has 0 heterocycles. The molecule has 0 aliphatic carbocycles. The zero-order valence-corrected chi connectivity index (χ0v) is 12.1. The molecule has 0 bridgehead atoms. The molecular weight excluding hydrogens is 192 g/mol. The maximum Gasteiger partial charge on any atom is -0.0398 e. The van der Waals surface area contributed by atoms with Crippen molar-refractivity contribution < 1.29 is 0 Å². The molecule has 1 rings (SSSR count). The summed E-state index contributed by atoms with van der Waals surface area (Å²) in [5, 5.41) is 0. The average Bonchev–Trinajstić information content (AvgIpc) is 2.33. The highest BCUT2D eigenvalue weighted by Crippen LogP contribution is 1.99. The molecule has 1 aromatic rings. The van der Waals surface area contributed by atoms with Crippen molar-refractivity contribution in [2.75, 3.05) is 0 Å². The van der Waals surface area contributed by atoms with Crippen molar-refractivity contribution in [1.29, 1.82) is 0 Å². The first kappa shape index (κ1) is 17.6. The standard InChI is InChI=1S/C8H10.2C4H10/c1-7-3-5-8(2)6-4-7;2*1-3-4-2/h3-6H,1-2H3;2*3-4H2,1-2H3. The largest absolute Gasteiger partial charge is 0.0654 e. The van der Waals surface area contributed by atoms with Crippen LogP contribution in [0.3, 0.4) is 0 Å². The van der Waals surface area contributed by atoms with Crippen molar-refractivity contribution >= 4 is 0 Å². The van der Waals surface area contributed by atoms with Crippen molar-refractivity contribution in [2.45, 2.75) is 67.2 Å². The van der Waals surface area contributed by atoms with Gasteiger partial charge in [0.1, 0.15) is 0 Å². The lowest BCUT2D eigenvalue weighted by atomic mass is 10.2. The van der Waals surface area contributed by atoms with Gasteiger partial charge >= 0.3 is 0 Å². The van der Waals surface area contributed by atoms with Gasteiger partial charge in [-0.05, 0) is 13.8 Å². The third kappa shape index (κ3) is 15.7. The van der Waals surface area contributed by atoms with E-state index in [0.29, 0.717) is 0 Å². The van der Waals surface area contributed by atoms with Crippen LogP contribution in [0.2, 0.25) is 0 Å². The molecule has 0 saturated carbocycles. The predicted molar refractivity (Wildman–Crippen MR) is 77.1 cm³/mol. The van der Waals surface area contributed by atoms with Crippen molar-refractivity contribution in [2.24, 2.45) is 0 Å². The smallest absolute Gasteiger partial charge is 0.0398 e. The SMILES string of the molecule is CCCC.CCCC.Cc1ccc(C)cc1. The lowest BCUT2D eigenvalue weighted by Crippen LogP contribution is -1.70. The van der Waals surface area contributed by atoms with Gasteiger partial charge in [-0.1, -0.05) is 88.8 Å². The third-order valence-corrected chi connectivity index (χ3v) is 2.22. The van der Waals surface area contributed by atoms with Crippen LogP contribution in [0.1, 0.15) is 64.5 Å². The van der Waals surface area contributed by atoms with Gasteiger partial charge in [-0.25, -0.2) is 0 Å². The molecular formula is C16H30. The molecule has 16 heavy (non-hydrogen) atoms. The van der Waals surface area contributed by atoms with Crippen LogP contribution in [0.4, 0.5) is 0 Å². The minimum absolute atomic E-state index is 1.32. The van der Waals surface area contributed by atoms with E-state index < -0.39 is 0 Å². The Morgan fingerprint density at radius 1 is 0.562 bits per heavy atom. The average molecular weight is 222 g/mol. The molecule has 0 unspecified atom stereocenters. The Morgan fingerprint density at radius 2 is 0.750 bits per heavy atom. The molecule has 0 N–H and O–H groups in total. The molecule has 0 amide bonds. The fraction of sp³-hybridized carbons (Fsp3) is 0.625. The third-order valence-electron chi connectivity index (χ3n) is 2.22. The van der Waals surface area contributed by atoms with Gasteiger partial charge in [0, 0.05) is 0 Å². The molecule has 0 aliphatic rings. The van der Waals surface area contributed by atoms with Gasteiger partial charge in [-0.2, -0.15) is 0 Å². The van der Waals surface area contributed by atoms with Crippen LogP contribution in [0, 0.1) is 13.8 Å². The minimum atomic E-state index is 1.32. The molecule has 0 atom stereocenters. The van der Waals surface area contributed by atoms with Gasteiger partial charge in [0.25, 0.3) is 0 Å². The van der Waals surface area contributed by atoms with Crippen LogP contribution in [0.5, 0.6) is 0 Å². The maximum atomic E-state index is 2.18. The number of rotatable bonds is 2. The second kappa shape index (κ2) is 14.2. The van der Waals surface area contributed by atoms with Crippen molar-refractivity contribution in [3.63, 3.8) is 0 Å². The summed E-state index contributed by atoms with van der Waals surface area (Å²) in [6.45, 7) is 12.9. The predicted octanol–water partition coefficient (Wildman–Crippen LogP) is 5.92. The highest BCUT2D eigenvalue weighted by Gasteiger charge is 1.79. The minimum Gasteiger partial charge on any atom is -0.0654 e. The zero-order valence-electron chi connectivity index (χ0n) is 12.1. The second-order valence-corrected chi connectivity index (χ2v) is 4.15. The van der Waals surface area contributed by atoms with E-state index in [2.05, 4.69) is 65.8 Å². The van der Waals surface area contributed by atoms with E-state index in [1.807, 2.05) is 0 Å². The van der Waals surface area contributed by atoms with E-state index in [1.165, 1.54) is 36.8 Å². The molecule has 0 fully saturated rings. The molecule has 0 spiro atoms. The first-order chi connectivity index (χ1) is 7.62. The zero-order chi connectivity index (χ0) is 12.8. The van der Waals surface area contributed by atoms with Crippen LogP contribution >= 0.6 is 0 Å². The van der Waals surface area contributed by atoms with Gasteiger partial charge in [-0.15, -0.1) is 0 Å². The second-order valence-electron chi connectivity index (χ2n) is 4.15. The number of hydrogen-bond donors (Lipinski definition) is 0.